The maximum atomic E-state index is 13.6. The first-order valence-electron chi connectivity index (χ1n) is 3.91. The van der Waals surface area contributed by atoms with Crippen molar-refractivity contribution in [3.05, 3.63) is 28.0 Å². The summed E-state index contributed by atoms with van der Waals surface area (Å²) in [5.74, 6) is -1.90. The van der Waals surface area contributed by atoms with Crippen LogP contribution in [0.25, 0.3) is 0 Å². The predicted octanol–water partition coefficient (Wildman–Crippen LogP) is 0.0546. The van der Waals surface area contributed by atoms with Gasteiger partial charge in [-0.1, -0.05) is 6.07 Å². The van der Waals surface area contributed by atoms with Crippen molar-refractivity contribution in [2.75, 3.05) is 7.11 Å². The molecule has 0 fully saturated rings. The number of carbonyl (C=O) groups is 1. The predicted molar refractivity (Wildman–Crippen MR) is 55.3 cm³/mol. The Kier molecular flexibility index (Phi) is 3.84. The number of benzene rings is 1. The number of carbonyl (C=O) groups excluding carboxylic acids is 1. The molecular weight excluding hydrogens is 270 g/mol. The van der Waals surface area contributed by atoms with Crippen molar-refractivity contribution in [3.63, 3.8) is 0 Å². The molecule has 0 saturated carbocycles. The van der Waals surface area contributed by atoms with E-state index in [9.17, 15) is 9.18 Å². The third kappa shape index (κ3) is 2.36. The van der Waals surface area contributed by atoms with E-state index in [-0.39, 0.29) is 15.5 Å². The number of hydrogen-bond donors (Lipinski definition) is 2. The lowest BCUT2D eigenvalue weighted by molar-refractivity contribution is 0.0594. The molecule has 0 spiro atoms. The number of ether oxygens (including phenoxy) is 1. The standard InChI is InChI=1S/C8H7BBrFO4/c1-15-8(12)6-5(10)3-2-4(7(6)11)9(13)14/h2-3,13-14H,1H3. The molecule has 0 saturated heterocycles. The van der Waals surface area contributed by atoms with Crippen LogP contribution < -0.4 is 5.46 Å². The zero-order valence-electron chi connectivity index (χ0n) is 7.70. The highest BCUT2D eigenvalue weighted by Crippen LogP contribution is 2.19. The zero-order chi connectivity index (χ0) is 11.6. The SMILES string of the molecule is COC(=O)c1c(Br)ccc(B(O)O)c1F. The van der Waals surface area contributed by atoms with Crippen LogP contribution in [-0.2, 0) is 4.74 Å². The number of hydrogen-bond acceptors (Lipinski definition) is 4. The summed E-state index contributed by atoms with van der Waals surface area (Å²) in [5, 5.41) is 17.6. The molecule has 0 radical (unpaired) electrons. The van der Waals surface area contributed by atoms with Crippen molar-refractivity contribution in [2.45, 2.75) is 0 Å². The first-order chi connectivity index (χ1) is 6.99. The van der Waals surface area contributed by atoms with Gasteiger partial charge in [0, 0.05) is 9.94 Å². The highest BCUT2D eigenvalue weighted by molar-refractivity contribution is 9.10. The van der Waals surface area contributed by atoms with Crippen LogP contribution in [0.3, 0.4) is 0 Å². The molecule has 80 valence electrons. The molecule has 0 aliphatic rings. The fourth-order valence-electron chi connectivity index (χ4n) is 1.06. The number of methoxy groups -OCH3 is 1. The van der Waals surface area contributed by atoms with Crippen molar-refractivity contribution in [3.8, 4) is 0 Å². The molecule has 0 unspecified atom stereocenters. The summed E-state index contributed by atoms with van der Waals surface area (Å²) >= 11 is 2.97. The van der Waals surface area contributed by atoms with Crippen LogP contribution in [-0.4, -0.2) is 30.2 Å². The minimum atomic E-state index is -1.97. The third-order valence-electron chi connectivity index (χ3n) is 1.79. The number of halogens is 2. The van der Waals surface area contributed by atoms with Crippen LogP contribution >= 0.6 is 15.9 Å². The Labute approximate surface area is 94.0 Å². The molecule has 0 heterocycles. The highest BCUT2D eigenvalue weighted by Gasteiger charge is 2.24. The van der Waals surface area contributed by atoms with Gasteiger partial charge in [0.15, 0.2) is 0 Å². The van der Waals surface area contributed by atoms with E-state index in [0.29, 0.717) is 0 Å². The van der Waals surface area contributed by atoms with Gasteiger partial charge in [-0.25, -0.2) is 9.18 Å². The van der Waals surface area contributed by atoms with Gasteiger partial charge in [-0.05, 0) is 22.0 Å². The molecule has 1 rings (SSSR count). The fourth-order valence-corrected chi connectivity index (χ4v) is 1.53. The quantitative estimate of drug-likeness (QED) is 0.592. The van der Waals surface area contributed by atoms with Crippen molar-refractivity contribution < 1.29 is 24.0 Å². The van der Waals surface area contributed by atoms with Gasteiger partial charge in [0.05, 0.1) is 7.11 Å². The minimum absolute atomic E-state index is 0.191. The third-order valence-corrected chi connectivity index (χ3v) is 2.45. The summed E-state index contributed by atoms with van der Waals surface area (Å²) in [6, 6.07) is 2.50. The van der Waals surface area contributed by atoms with Gasteiger partial charge in [-0.2, -0.15) is 0 Å². The summed E-state index contributed by atoms with van der Waals surface area (Å²) in [6.07, 6.45) is 0. The van der Waals surface area contributed by atoms with E-state index >= 15 is 0 Å². The van der Waals surface area contributed by atoms with Crippen LogP contribution in [0.5, 0.6) is 0 Å². The minimum Gasteiger partial charge on any atom is -0.465 e. The van der Waals surface area contributed by atoms with Gasteiger partial charge < -0.3 is 14.8 Å². The van der Waals surface area contributed by atoms with Gasteiger partial charge in [-0.3, -0.25) is 0 Å². The average Bonchev–Trinajstić information content (AvgIpc) is 2.16. The van der Waals surface area contributed by atoms with Crippen LogP contribution in [0.2, 0.25) is 0 Å². The summed E-state index contributed by atoms with van der Waals surface area (Å²) in [7, 11) is -0.863. The van der Waals surface area contributed by atoms with E-state index in [1.807, 2.05) is 0 Å². The Morgan fingerprint density at radius 3 is 2.60 bits per heavy atom. The van der Waals surface area contributed by atoms with Crippen LogP contribution in [0.15, 0.2) is 16.6 Å². The smallest absolute Gasteiger partial charge is 0.465 e. The Morgan fingerprint density at radius 1 is 1.53 bits per heavy atom. The lowest BCUT2D eigenvalue weighted by Gasteiger charge is -2.08. The zero-order valence-corrected chi connectivity index (χ0v) is 9.28. The van der Waals surface area contributed by atoms with E-state index in [1.54, 1.807) is 0 Å². The average molecular weight is 277 g/mol. The molecule has 2 N–H and O–H groups in total. The van der Waals surface area contributed by atoms with E-state index in [4.69, 9.17) is 10.0 Å². The van der Waals surface area contributed by atoms with Crippen molar-refractivity contribution in [1.82, 2.24) is 0 Å². The molecule has 0 bridgehead atoms. The lowest BCUT2D eigenvalue weighted by Crippen LogP contribution is -2.34. The monoisotopic (exact) mass is 276 g/mol. The van der Waals surface area contributed by atoms with Crippen molar-refractivity contribution in [2.24, 2.45) is 0 Å². The lowest BCUT2D eigenvalue weighted by atomic mass is 9.79. The molecular formula is C8H7BBrFO4. The number of rotatable bonds is 2. The summed E-state index contributed by atoms with van der Waals surface area (Å²) in [4.78, 5) is 11.2. The molecule has 0 amide bonds. The van der Waals surface area contributed by atoms with Crippen LogP contribution in [0, 0.1) is 5.82 Å². The van der Waals surface area contributed by atoms with Crippen molar-refractivity contribution >= 4 is 34.5 Å². The van der Waals surface area contributed by atoms with Gasteiger partial charge >= 0.3 is 13.1 Å². The van der Waals surface area contributed by atoms with Gasteiger partial charge in [0.25, 0.3) is 0 Å². The first kappa shape index (κ1) is 12.2. The Hall–Kier alpha value is -0.915. The molecule has 0 atom stereocenters. The maximum Gasteiger partial charge on any atom is 0.491 e. The Balaban J connectivity index is 3.36. The summed E-state index contributed by atoms with van der Waals surface area (Å²) in [6.45, 7) is 0. The molecule has 0 aliphatic heterocycles. The normalized spacial score (nSPS) is 9.93. The van der Waals surface area contributed by atoms with Gasteiger partial charge in [0.2, 0.25) is 0 Å². The molecule has 1 aromatic rings. The Morgan fingerprint density at radius 2 is 2.13 bits per heavy atom. The van der Waals surface area contributed by atoms with E-state index in [2.05, 4.69) is 20.7 Å². The summed E-state index contributed by atoms with van der Waals surface area (Å²) in [5.41, 5.74) is -0.735. The summed E-state index contributed by atoms with van der Waals surface area (Å²) < 4.78 is 18.1. The molecule has 0 aromatic heterocycles. The Bertz CT molecular complexity index is 396. The van der Waals surface area contributed by atoms with E-state index in [0.717, 1.165) is 13.2 Å². The number of esters is 1. The second-order valence-electron chi connectivity index (χ2n) is 2.69. The molecule has 1 aromatic carbocycles. The largest absolute Gasteiger partial charge is 0.491 e. The molecule has 4 nitrogen and oxygen atoms in total. The van der Waals surface area contributed by atoms with Crippen LogP contribution in [0.1, 0.15) is 10.4 Å². The topological polar surface area (TPSA) is 66.8 Å². The fraction of sp³-hybridized carbons (Fsp3) is 0.125. The molecule has 0 aliphatic carbocycles. The highest BCUT2D eigenvalue weighted by atomic mass is 79.9. The van der Waals surface area contributed by atoms with E-state index < -0.39 is 18.9 Å². The van der Waals surface area contributed by atoms with Gasteiger partial charge in [-0.15, -0.1) is 0 Å². The second-order valence-corrected chi connectivity index (χ2v) is 3.55. The van der Waals surface area contributed by atoms with E-state index in [1.165, 1.54) is 6.07 Å². The van der Waals surface area contributed by atoms with Crippen molar-refractivity contribution in [1.29, 1.82) is 0 Å². The van der Waals surface area contributed by atoms with Gasteiger partial charge in [0.1, 0.15) is 11.4 Å². The molecule has 15 heavy (non-hydrogen) atoms. The first-order valence-corrected chi connectivity index (χ1v) is 4.70. The second kappa shape index (κ2) is 4.74. The maximum absolute atomic E-state index is 13.6. The molecule has 7 heteroatoms. The van der Waals surface area contributed by atoms with Crippen LogP contribution in [0.4, 0.5) is 4.39 Å².